The van der Waals surface area contributed by atoms with E-state index in [0.717, 1.165) is 19.1 Å². The number of hydrogen-bond acceptors (Lipinski definition) is 0. The average Bonchev–Trinajstić information content (AvgIpc) is 2.81. The predicted octanol–water partition coefficient (Wildman–Crippen LogP) is 8.09. The summed E-state index contributed by atoms with van der Waals surface area (Å²) >= 11 is 0. The molecule has 0 unspecified atom stereocenters. The fourth-order valence-corrected chi connectivity index (χ4v) is 5.06. The molecule has 0 bridgehead atoms. The number of benzene rings is 2. The average molecular weight is 681 g/mol. The second-order valence-corrected chi connectivity index (χ2v) is 9.89. The van der Waals surface area contributed by atoms with Crippen LogP contribution in [0.5, 0.6) is 0 Å². The second-order valence-electron chi connectivity index (χ2n) is 9.89. The Balaban J connectivity index is 2.84. The van der Waals surface area contributed by atoms with E-state index in [1.54, 1.807) is 0 Å². The lowest BCUT2D eigenvalue weighted by molar-refractivity contribution is -0.541. The Morgan fingerprint density at radius 1 is 0.444 bits per heavy atom. The van der Waals surface area contributed by atoms with E-state index in [-0.39, 0.29) is 10.0 Å². The monoisotopic (exact) mass is 681 g/mol. The molecular formula is C25H14BF18N. The molecule has 0 radical (unpaired) electrons. The maximum absolute atomic E-state index is 14.3. The lowest BCUT2D eigenvalue weighted by Crippen LogP contribution is -2.71. The SMILES string of the molecule is Cc1cc[n+]([BH-](c2c(C(F)(F)F)cc(C(F)(F)F)cc2C(F)(F)F)c2c(C(F)(F)F)cc(C(F)(F)F)cc2C(F)(F)F)c(C)c1. The molecule has 0 amide bonds. The summed E-state index contributed by atoms with van der Waals surface area (Å²) in [6.07, 6.45) is -36.5. The van der Waals surface area contributed by atoms with Gasteiger partial charge in [0.05, 0.1) is 11.1 Å². The maximum Gasteiger partial charge on any atom is 0.416 e. The van der Waals surface area contributed by atoms with Gasteiger partial charge in [0.1, 0.15) is 11.9 Å². The topological polar surface area (TPSA) is 3.88 Å². The molecule has 1 aromatic heterocycles. The summed E-state index contributed by atoms with van der Waals surface area (Å²) in [6, 6.07) is -1.94. The molecule has 0 aliphatic heterocycles. The van der Waals surface area contributed by atoms with Crippen LogP contribution in [0, 0.1) is 13.8 Å². The Hall–Kier alpha value is -3.61. The highest BCUT2D eigenvalue weighted by Crippen LogP contribution is 2.42. The fraction of sp³-hybridized carbons (Fsp3) is 0.320. The highest BCUT2D eigenvalue weighted by molar-refractivity contribution is 6.80. The number of hydrogen-bond donors (Lipinski definition) is 0. The zero-order chi connectivity index (χ0) is 34.9. The van der Waals surface area contributed by atoms with E-state index < -0.39 is 118 Å². The van der Waals surface area contributed by atoms with Crippen molar-refractivity contribution in [3.05, 3.63) is 87.2 Å². The first-order valence-electron chi connectivity index (χ1n) is 11.9. The van der Waals surface area contributed by atoms with Crippen molar-refractivity contribution >= 4 is 17.8 Å². The van der Waals surface area contributed by atoms with Gasteiger partial charge < -0.3 is 4.48 Å². The minimum absolute atomic E-state index is 0.118. The Bertz CT molecular complexity index is 1420. The summed E-state index contributed by atoms with van der Waals surface area (Å²) in [4.78, 5) is 0. The molecule has 0 atom stereocenters. The van der Waals surface area contributed by atoms with E-state index in [2.05, 4.69) is 0 Å². The second kappa shape index (κ2) is 11.0. The Labute approximate surface area is 240 Å². The smallest absolute Gasteiger partial charge is 0.416 e. The molecule has 3 aromatic rings. The van der Waals surface area contributed by atoms with Gasteiger partial charge in [-0.2, -0.15) is 79.0 Å². The first kappa shape index (κ1) is 35.9. The number of alkyl halides is 18. The van der Waals surface area contributed by atoms with Gasteiger partial charge >= 0.3 is 43.9 Å². The molecular weight excluding hydrogens is 667 g/mol. The third-order valence-corrected chi connectivity index (χ3v) is 6.79. The number of aromatic nitrogens is 1. The van der Waals surface area contributed by atoms with E-state index >= 15 is 0 Å². The molecule has 0 spiro atoms. The van der Waals surface area contributed by atoms with Crippen LogP contribution in [0.1, 0.15) is 44.6 Å². The molecule has 0 fully saturated rings. The third kappa shape index (κ3) is 7.45. The summed E-state index contributed by atoms with van der Waals surface area (Å²) in [5.74, 6) is 0. The number of nitrogens with zero attached hydrogens (tertiary/aromatic N) is 1. The minimum Gasteiger partial charge on any atom is -0.419 e. The van der Waals surface area contributed by atoms with Crippen molar-refractivity contribution < 1.29 is 83.5 Å². The zero-order valence-electron chi connectivity index (χ0n) is 22.0. The van der Waals surface area contributed by atoms with E-state index in [1.807, 2.05) is 0 Å². The fourth-order valence-electron chi connectivity index (χ4n) is 5.06. The van der Waals surface area contributed by atoms with Crippen molar-refractivity contribution in [1.29, 1.82) is 0 Å². The van der Waals surface area contributed by atoms with Crippen molar-refractivity contribution in [1.82, 2.24) is 0 Å². The molecule has 3 rings (SSSR count). The van der Waals surface area contributed by atoms with Gasteiger partial charge in [-0.05, 0) is 42.8 Å². The predicted molar refractivity (Wildman–Crippen MR) is 121 cm³/mol. The van der Waals surface area contributed by atoms with Gasteiger partial charge in [-0.25, -0.2) is 0 Å². The van der Waals surface area contributed by atoms with Gasteiger partial charge in [-0.15, -0.1) is 10.9 Å². The summed E-state index contributed by atoms with van der Waals surface area (Å²) in [5, 5.41) is 0. The first-order chi connectivity index (χ1) is 20.0. The molecule has 0 aliphatic carbocycles. The number of halogens is 18. The maximum atomic E-state index is 14.3. The van der Waals surface area contributed by atoms with Gasteiger partial charge in [0, 0.05) is 35.2 Å². The van der Waals surface area contributed by atoms with E-state index in [1.165, 1.54) is 6.92 Å². The third-order valence-electron chi connectivity index (χ3n) is 6.79. The molecule has 20 heteroatoms. The highest BCUT2D eigenvalue weighted by atomic mass is 19.4. The minimum atomic E-state index is -6.27. The van der Waals surface area contributed by atoms with Crippen LogP contribution in [0.15, 0.2) is 42.6 Å². The first-order valence-corrected chi connectivity index (χ1v) is 11.9. The van der Waals surface area contributed by atoms with Crippen LogP contribution < -0.4 is 15.4 Å². The lowest BCUT2D eigenvalue weighted by atomic mass is 9.45. The van der Waals surface area contributed by atoms with Gasteiger partial charge in [0.15, 0.2) is 0 Å². The van der Waals surface area contributed by atoms with Crippen molar-refractivity contribution in [2.45, 2.75) is 50.9 Å². The molecule has 248 valence electrons. The van der Waals surface area contributed by atoms with Crippen LogP contribution in [-0.2, 0) is 37.1 Å². The van der Waals surface area contributed by atoms with Crippen molar-refractivity contribution in [2.24, 2.45) is 0 Å². The lowest BCUT2D eigenvalue weighted by Gasteiger charge is -2.33. The van der Waals surface area contributed by atoms with E-state index in [9.17, 15) is 79.0 Å². The molecule has 0 aliphatic rings. The van der Waals surface area contributed by atoms with Crippen LogP contribution in [-0.4, -0.2) is 6.85 Å². The molecule has 0 saturated carbocycles. The quantitative estimate of drug-likeness (QED) is 0.195. The molecule has 2 aromatic carbocycles. The van der Waals surface area contributed by atoms with Crippen molar-refractivity contribution in [2.75, 3.05) is 0 Å². The van der Waals surface area contributed by atoms with E-state index in [4.69, 9.17) is 0 Å². The summed E-state index contributed by atoms with van der Waals surface area (Å²) < 4.78 is 253. The number of pyridine rings is 1. The van der Waals surface area contributed by atoms with Crippen LogP contribution in [0.3, 0.4) is 0 Å². The van der Waals surface area contributed by atoms with Gasteiger partial charge in [0.2, 0.25) is 0 Å². The van der Waals surface area contributed by atoms with Crippen LogP contribution in [0.4, 0.5) is 79.0 Å². The van der Waals surface area contributed by atoms with Crippen molar-refractivity contribution in [3.8, 4) is 0 Å². The summed E-state index contributed by atoms with van der Waals surface area (Å²) in [5.41, 5.74) is -22.2. The Morgan fingerprint density at radius 3 is 0.956 bits per heavy atom. The van der Waals surface area contributed by atoms with E-state index in [0.29, 0.717) is 6.20 Å². The van der Waals surface area contributed by atoms with Crippen LogP contribution >= 0.6 is 0 Å². The normalized spacial score (nSPS) is 14.0. The summed E-state index contributed by atoms with van der Waals surface area (Å²) in [6.45, 7) is -2.82. The van der Waals surface area contributed by atoms with Gasteiger partial charge in [0.25, 0.3) is 0 Å². The number of rotatable bonds is 3. The van der Waals surface area contributed by atoms with Crippen LogP contribution in [0.25, 0.3) is 0 Å². The molecule has 0 saturated heterocycles. The Kier molecular flexibility index (Phi) is 8.79. The Morgan fingerprint density at radius 2 is 0.733 bits per heavy atom. The molecule has 45 heavy (non-hydrogen) atoms. The molecule has 1 heterocycles. The van der Waals surface area contributed by atoms with Crippen LogP contribution in [0.2, 0.25) is 0 Å². The number of aryl methyl sites for hydroxylation is 2. The highest BCUT2D eigenvalue weighted by Gasteiger charge is 2.51. The van der Waals surface area contributed by atoms with Gasteiger partial charge in [-0.1, -0.05) is 0 Å². The summed E-state index contributed by atoms with van der Waals surface area (Å²) in [7, 11) is 0. The van der Waals surface area contributed by atoms with Gasteiger partial charge in [-0.3, -0.25) is 0 Å². The largest absolute Gasteiger partial charge is 0.419 e. The molecule has 1 nitrogen and oxygen atoms in total. The molecule has 0 N–H and O–H groups in total. The van der Waals surface area contributed by atoms with Crippen molar-refractivity contribution in [3.63, 3.8) is 0 Å². The zero-order valence-corrected chi connectivity index (χ0v) is 22.0. The standard InChI is InChI=1S/C25H14BF18N/c1-10-3-4-45(11(2)5-10)26(18-14(22(33,34)35)6-12(20(27,28)29)7-15(18)23(36,37)38)19-16(24(39,40)41)8-13(21(30,31)32)9-17(19)25(42,43)44/h3-9,26H,1-2H3.